The molecule has 5 heteroatoms. The molecule has 0 aliphatic heterocycles. The summed E-state index contributed by atoms with van der Waals surface area (Å²) in [5, 5.41) is 12.3. The van der Waals surface area contributed by atoms with Crippen molar-refractivity contribution in [2.24, 2.45) is 5.92 Å². The minimum atomic E-state index is -0.820. The number of amides is 1. The van der Waals surface area contributed by atoms with E-state index in [0.29, 0.717) is 12.0 Å². The highest BCUT2D eigenvalue weighted by atomic mass is 16.5. The fourth-order valence-corrected chi connectivity index (χ4v) is 3.43. The van der Waals surface area contributed by atoms with E-state index in [0.717, 1.165) is 42.6 Å². The Bertz CT molecular complexity index is 574. The summed E-state index contributed by atoms with van der Waals surface area (Å²) in [6, 6.07) is 3.27. The van der Waals surface area contributed by atoms with Gasteiger partial charge in [-0.15, -0.1) is 0 Å². The fourth-order valence-electron chi connectivity index (χ4n) is 3.43. The first-order valence-electron chi connectivity index (χ1n) is 8.13. The molecule has 0 spiro atoms. The molecular weight excluding hydrogens is 294 g/mol. The van der Waals surface area contributed by atoms with Crippen LogP contribution in [0, 0.1) is 19.8 Å². The van der Waals surface area contributed by atoms with Gasteiger partial charge in [0.05, 0.1) is 13.0 Å². The predicted molar refractivity (Wildman–Crippen MR) is 87.9 cm³/mol. The average molecular weight is 319 g/mol. The quantitative estimate of drug-likeness (QED) is 0.836. The molecule has 1 aromatic rings. The van der Waals surface area contributed by atoms with Gasteiger partial charge in [0.25, 0.3) is 5.91 Å². The van der Waals surface area contributed by atoms with Crippen LogP contribution in [0.3, 0.4) is 0 Å². The van der Waals surface area contributed by atoms with Crippen LogP contribution in [0.5, 0.6) is 5.75 Å². The van der Waals surface area contributed by atoms with Gasteiger partial charge in [-0.25, -0.2) is 0 Å². The molecule has 2 rings (SSSR count). The molecule has 1 aliphatic rings. The van der Waals surface area contributed by atoms with Gasteiger partial charge in [0.1, 0.15) is 5.75 Å². The van der Waals surface area contributed by atoms with Crippen molar-refractivity contribution in [3.05, 3.63) is 28.8 Å². The highest BCUT2D eigenvalue weighted by Gasteiger charge is 2.30. The zero-order valence-electron chi connectivity index (χ0n) is 14.0. The largest absolute Gasteiger partial charge is 0.496 e. The van der Waals surface area contributed by atoms with Crippen LogP contribution >= 0.6 is 0 Å². The zero-order valence-corrected chi connectivity index (χ0v) is 14.0. The molecule has 1 amide bonds. The summed E-state index contributed by atoms with van der Waals surface area (Å²) < 4.78 is 5.32. The minimum absolute atomic E-state index is 0.211. The number of rotatable bonds is 4. The first kappa shape index (κ1) is 17.3. The van der Waals surface area contributed by atoms with E-state index in [1.165, 1.54) is 0 Å². The normalized spacial score (nSPS) is 21.3. The van der Waals surface area contributed by atoms with E-state index < -0.39 is 11.9 Å². The van der Waals surface area contributed by atoms with Crippen LogP contribution in [-0.4, -0.2) is 30.1 Å². The number of benzene rings is 1. The second-order valence-electron chi connectivity index (χ2n) is 6.31. The van der Waals surface area contributed by atoms with Gasteiger partial charge in [-0.2, -0.15) is 0 Å². The van der Waals surface area contributed by atoms with Gasteiger partial charge in [0.2, 0.25) is 0 Å². The summed E-state index contributed by atoms with van der Waals surface area (Å²) in [6.45, 7) is 3.79. The summed E-state index contributed by atoms with van der Waals surface area (Å²) in [4.78, 5) is 24.0. The number of aliphatic carboxylic acids is 1. The maximum atomic E-state index is 12.6. The number of ether oxygens (including phenoxy) is 1. The summed E-state index contributed by atoms with van der Waals surface area (Å²) in [5.41, 5.74) is 2.34. The molecule has 126 valence electrons. The van der Waals surface area contributed by atoms with Crippen molar-refractivity contribution < 1.29 is 19.4 Å². The summed E-state index contributed by atoms with van der Waals surface area (Å²) in [7, 11) is 1.61. The van der Waals surface area contributed by atoms with Gasteiger partial charge < -0.3 is 15.2 Å². The summed E-state index contributed by atoms with van der Waals surface area (Å²) in [5.74, 6) is -0.752. The topological polar surface area (TPSA) is 75.6 Å². The SMILES string of the molecule is COc1c(C)cc(C(=O)N[C@H]2CCCCC[C@H]2C(=O)O)cc1C. The molecular formula is C18H25NO4. The Morgan fingerprint density at radius 1 is 1.13 bits per heavy atom. The predicted octanol–water partition coefficient (Wildman–Crippen LogP) is 3.08. The number of aryl methyl sites for hydroxylation is 2. The zero-order chi connectivity index (χ0) is 17.0. The Labute approximate surface area is 137 Å². The number of hydrogen-bond acceptors (Lipinski definition) is 3. The van der Waals surface area contributed by atoms with E-state index in [2.05, 4.69) is 5.32 Å². The van der Waals surface area contributed by atoms with Crippen LogP contribution in [0.4, 0.5) is 0 Å². The number of hydrogen-bond donors (Lipinski definition) is 2. The molecule has 1 aliphatic carbocycles. The molecule has 5 nitrogen and oxygen atoms in total. The van der Waals surface area contributed by atoms with Gasteiger partial charge in [-0.3, -0.25) is 9.59 Å². The van der Waals surface area contributed by atoms with Crippen LogP contribution in [0.1, 0.15) is 53.6 Å². The first-order chi connectivity index (χ1) is 10.9. The lowest BCUT2D eigenvalue weighted by molar-refractivity contribution is -0.142. The van der Waals surface area contributed by atoms with Crippen molar-refractivity contribution in [1.29, 1.82) is 0 Å². The molecule has 1 saturated carbocycles. The molecule has 0 saturated heterocycles. The maximum absolute atomic E-state index is 12.6. The lowest BCUT2D eigenvalue weighted by Crippen LogP contribution is -2.42. The molecule has 0 heterocycles. The highest BCUT2D eigenvalue weighted by Crippen LogP contribution is 2.26. The molecule has 2 N–H and O–H groups in total. The van der Waals surface area contributed by atoms with Crippen molar-refractivity contribution in [3.8, 4) is 5.75 Å². The van der Waals surface area contributed by atoms with Crippen LogP contribution in [0.15, 0.2) is 12.1 Å². The van der Waals surface area contributed by atoms with E-state index in [4.69, 9.17) is 4.74 Å². The summed E-state index contributed by atoms with van der Waals surface area (Å²) in [6.07, 6.45) is 4.23. The Morgan fingerprint density at radius 3 is 2.30 bits per heavy atom. The Kier molecular flexibility index (Phi) is 5.64. The molecule has 0 aromatic heterocycles. The third kappa shape index (κ3) is 4.03. The maximum Gasteiger partial charge on any atom is 0.308 e. The number of carboxylic acids is 1. The first-order valence-corrected chi connectivity index (χ1v) is 8.13. The standard InChI is InChI=1S/C18H25NO4/c1-11-9-13(10-12(2)16(11)23-3)17(20)19-15-8-6-4-5-7-14(15)18(21)22/h9-10,14-15H,4-8H2,1-3H3,(H,19,20)(H,21,22)/t14-,15+/m1/s1. The average Bonchev–Trinajstić information content (AvgIpc) is 2.72. The molecule has 23 heavy (non-hydrogen) atoms. The minimum Gasteiger partial charge on any atom is -0.496 e. The molecule has 1 fully saturated rings. The molecule has 1 aromatic carbocycles. The van der Waals surface area contributed by atoms with E-state index in [9.17, 15) is 14.7 Å². The van der Waals surface area contributed by atoms with Gasteiger partial charge in [-0.05, 0) is 49.9 Å². The molecule has 0 unspecified atom stereocenters. The molecule has 0 radical (unpaired) electrons. The van der Waals surface area contributed by atoms with Crippen molar-refractivity contribution in [2.45, 2.75) is 52.0 Å². The lowest BCUT2D eigenvalue weighted by Gasteiger charge is -2.23. The van der Waals surface area contributed by atoms with Gasteiger partial charge in [0.15, 0.2) is 0 Å². The fraction of sp³-hybridized carbons (Fsp3) is 0.556. The molecule has 0 bridgehead atoms. The van der Waals surface area contributed by atoms with Crippen LogP contribution < -0.4 is 10.1 Å². The second-order valence-corrected chi connectivity index (χ2v) is 6.31. The Balaban J connectivity index is 2.18. The van der Waals surface area contributed by atoms with E-state index in [1.54, 1.807) is 19.2 Å². The van der Waals surface area contributed by atoms with Crippen LogP contribution in [-0.2, 0) is 4.79 Å². The van der Waals surface area contributed by atoms with Crippen molar-refractivity contribution >= 4 is 11.9 Å². The van der Waals surface area contributed by atoms with Gasteiger partial charge in [0, 0.05) is 11.6 Å². The monoisotopic (exact) mass is 319 g/mol. The number of methoxy groups -OCH3 is 1. The Hall–Kier alpha value is -2.04. The third-order valence-electron chi connectivity index (χ3n) is 4.58. The van der Waals surface area contributed by atoms with E-state index in [-0.39, 0.29) is 11.9 Å². The number of carboxylic acid groups (broad SMARTS) is 1. The van der Waals surface area contributed by atoms with Crippen molar-refractivity contribution in [3.63, 3.8) is 0 Å². The van der Waals surface area contributed by atoms with E-state index in [1.807, 2.05) is 13.8 Å². The van der Waals surface area contributed by atoms with E-state index >= 15 is 0 Å². The second kappa shape index (κ2) is 7.49. The van der Waals surface area contributed by atoms with Crippen LogP contribution in [0.25, 0.3) is 0 Å². The van der Waals surface area contributed by atoms with Gasteiger partial charge >= 0.3 is 5.97 Å². The van der Waals surface area contributed by atoms with Crippen molar-refractivity contribution in [2.75, 3.05) is 7.11 Å². The number of carbonyl (C=O) groups excluding carboxylic acids is 1. The van der Waals surface area contributed by atoms with Gasteiger partial charge in [-0.1, -0.05) is 19.3 Å². The Morgan fingerprint density at radius 2 is 1.74 bits per heavy atom. The molecule has 2 atom stereocenters. The lowest BCUT2D eigenvalue weighted by atomic mass is 9.94. The van der Waals surface area contributed by atoms with Crippen LogP contribution in [0.2, 0.25) is 0 Å². The highest BCUT2D eigenvalue weighted by molar-refractivity contribution is 5.95. The van der Waals surface area contributed by atoms with Crippen molar-refractivity contribution in [1.82, 2.24) is 5.32 Å². The number of nitrogens with one attached hydrogen (secondary N) is 1. The third-order valence-corrected chi connectivity index (χ3v) is 4.58. The smallest absolute Gasteiger partial charge is 0.308 e. The number of carbonyl (C=O) groups is 2. The summed E-state index contributed by atoms with van der Waals surface area (Å²) >= 11 is 0.